The van der Waals surface area contributed by atoms with Crippen LogP contribution in [-0.4, -0.2) is 38.3 Å². The number of aliphatic hydroxyl groups excluding tert-OH is 1. The quantitative estimate of drug-likeness (QED) is 0.669. The molecule has 1 unspecified atom stereocenters. The van der Waals surface area contributed by atoms with Crippen LogP contribution in [0.3, 0.4) is 0 Å². The molecule has 19 heavy (non-hydrogen) atoms. The monoisotopic (exact) mass is 286 g/mol. The maximum atomic E-state index is 11.9. The van der Waals surface area contributed by atoms with Crippen LogP contribution >= 0.6 is 0 Å². The van der Waals surface area contributed by atoms with Crippen molar-refractivity contribution in [1.82, 2.24) is 5.32 Å². The minimum atomic E-state index is -3.43. The van der Waals surface area contributed by atoms with Crippen LogP contribution in [0.15, 0.2) is 23.1 Å². The predicted octanol–water partition coefficient (Wildman–Crippen LogP) is 0.173. The lowest BCUT2D eigenvalue weighted by molar-refractivity contribution is 0.0915. The Bertz CT molecular complexity index is 565. The van der Waals surface area contributed by atoms with Crippen molar-refractivity contribution in [2.45, 2.75) is 24.3 Å². The summed E-state index contributed by atoms with van der Waals surface area (Å²) < 4.78 is 22.9. The van der Waals surface area contributed by atoms with Crippen LogP contribution in [-0.2, 0) is 9.84 Å². The van der Waals surface area contributed by atoms with Crippen LogP contribution in [0, 0.1) is 0 Å². The Morgan fingerprint density at radius 3 is 2.53 bits per heavy atom. The third-order valence-corrected chi connectivity index (χ3v) is 3.76. The summed E-state index contributed by atoms with van der Waals surface area (Å²) in [4.78, 5) is 11.9. The van der Waals surface area contributed by atoms with Crippen molar-refractivity contribution in [3.63, 3.8) is 0 Å². The summed E-state index contributed by atoms with van der Waals surface area (Å²) in [6.45, 7) is 1.64. The van der Waals surface area contributed by atoms with Gasteiger partial charge in [-0.15, -0.1) is 0 Å². The van der Waals surface area contributed by atoms with E-state index in [4.69, 9.17) is 10.8 Å². The minimum absolute atomic E-state index is 0.00491. The van der Waals surface area contributed by atoms with Gasteiger partial charge >= 0.3 is 0 Å². The second-order valence-electron chi connectivity index (χ2n) is 4.32. The largest absolute Gasteiger partial charge is 0.399 e. The number of benzene rings is 1. The van der Waals surface area contributed by atoms with Gasteiger partial charge in [0.1, 0.15) is 0 Å². The summed E-state index contributed by atoms with van der Waals surface area (Å²) in [5, 5.41) is 11.6. The van der Waals surface area contributed by atoms with Crippen LogP contribution in [0.25, 0.3) is 0 Å². The topological polar surface area (TPSA) is 109 Å². The zero-order valence-electron chi connectivity index (χ0n) is 10.9. The Hall–Kier alpha value is -1.60. The average Bonchev–Trinajstić information content (AvgIpc) is 2.33. The number of hydrogen-bond acceptors (Lipinski definition) is 5. The molecule has 1 rings (SSSR count). The summed E-state index contributed by atoms with van der Waals surface area (Å²) in [5.74, 6) is -0.460. The van der Waals surface area contributed by atoms with Crippen LogP contribution < -0.4 is 11.1 Å². The van der Waals surface area contributed by atoms with Gasteiger partial charge in [0.2, 0.25) is 0 Å². The summed E-state index contributed by atoms with van der Waals surface area (Å²) in [6, 6.07) is 3.60. The van der Waals surface area contributed by atoms with Gasteiger partial charge in [0.05, 0.1) is 17.5 Å². The van der Waals surface area contributed by atoms with Gasteiger partial charge in [0.15, 0.2) is 9.84 Å². The second-order valence-corrected chi connectivity index (χ2v) is 6.34. The number of amides is 1. The molecule has 1 amide bonds. The number of nitrogen functional groups attached to an aromatic ring is 1. The smallest absolute Gasteiger partial charge is 0.251 e. The fourth-order valence-electron chi connectivity index (χ4n) is 1.51. The van der Waals surface area contributed by atoms with E-state index in [0.29, 0.717) is 6.42 Å². The number of sulfone groups is 1. The molecule has 1 aromatic rings. The van der Waals surface area contributed by atoms with E-state index in [1.807, 2.05) is 6.92 Å². The van der Waals surface area contributed by atoms with E-state index in [-0.39, 0.29) is 28.8 Å². The highest BCUT2D eigenvalue weighted by atomic mass is 32.2. The molecule has 0 saturated carbocycles. The maximum absolute atomic E-state index is 11.9. The van der Waals surface area contributed by atoms with Gasteiger partial charge in [-0.2, -0.15) is 0 Å². The molecule has 0 aromatic heterocycles. The van der Waals surface area contributed by atoms with Gasteiger partial charge in [-0.05, 0) is 24.6 Å². The molecular formula is C12H18N2O4S. The first kappa shape index (κ1) is 15.5. The molecule has 0 spiro atoms. The van der Waals surface area contributed by atoms with Gasteiger partial charge in [-0.25, -0.2) is 8.42 Å². The van der Waals surface area contributed by atoms with Crippen LogP contribution in [0.2, 0.25) is 0 Å². The first-order chi connectivity index (χ1) is 8.77. The van der Waals surface area contributed by atoms with E-state index >= 15 is 0 Å². The Balaban J connectivity index is 3.08. The molecule has 106 valence electrons. The third kappa shape index (κ3) is 4.22. The molecule has 0 heterocycles. The van der Waals surface area contributed by atoms with Crippen LogP contribution in [0.4, 0.5) is 5.69 Å². The van der Waals surface area contributed by atoms with Crippen molar-refractivity contribution in [2.75, 3.05) is 18.6 Å². The lowest BCUT2D eigenvalue weighted by Gasteiger charge is -2.14. The van der Waals surface area contributed by atoms with E-state index in [0.717, 1.165) is 6.26 Å². The van der Waals surface area contributed by atoms with Crippen molar-refractivity contribution in [2.24, 2.45) is 0 Å². The summed E-state index contributed by atoms with van der Waals surface area (Å²) in [6.07, 6.45) is 1.62. The zero-order valence-corrected chi connectivity index (χ0v) is 11.7. The molecule has 0 bridgehead atoms. The lowest BCUT2D eigenvalue weighted by atomic mass is 10.1. The summed E-state index contributed by atoms with van der Waals surface area (Å²) in [5.41, 5.74) is 5.95. The fourth-order valence-corrected chi connectivity index (χ4v) is 2.20. The SMILES string of the molecule is CCC(CO)NC(=O)c1cc(N)cc(S(C)(=O)=O)c1. The molecule has 0 radical (unpaired) electrons. The first-order valence-corrected chi connectivity index (χ1v) is 7.69. The molecule has 1 atom stereocenters. The number of rotatable bonds is 5. The Kier molecular flexibility index (Phi) is 4.90. The second kappa shape index (κ2) is 6.03. The van der Waals surface area contributed by atoms with E-state index in [1.165, 1.54) is 18.2 Å². The van der Waals surface area contributed by atoms with Gasteiger partial charge in [0, 0.05) is 17.5 Å². The van der Waals surface area contributed by atoms with E-state index < -0.39 is 15.7 Å². The zero-order chi connectivity index (χ0) is 14.6. The maximum Gasteiger partial charge on any atom is 0.251 e. The summed E-state index contributed by atoms with van der Waals surface area (Å²) >= 11 is 0. The molecule has 6 nitrogen and oxygen atoms in total. The molecular weight excluding hydrogens is 268 g/mol. The molecule has 1 aromatic carbocycles. The molecule has 7 heteroatoms. The molecule has 4 N–H and O–H groups in total. The molecule has 0 saturated heterocycles. The molecule has 0 aliphatic rings. The van der Waals surface area contributed by atoms with Crippen molar-refractivity contribution >= 4 is 21.4 Å². The molecule has 0 aliphatic heterocycles. The normalized spacial score (nSPS) is 13.0. The van der Waals surface area contributed by atoms with E-state index in [2.05, 4.69) is 5.32 Å². The number of nitrogens with one attached hydrogen (secondary N) is 1. The third-order valence-electron chi connectivity index (χ3n) is 2.67. The van der Waals surface area contributed by atoms with E-state index in [9.17, 15) is 13.2 Å². The fraction of sp³-hybridized carbons (Fsp3) is 0.417. The number of hydrogen-bond donors (Lipinski definition) is 3. The van der Waals surface area contributed by atoms with Gasteiger partial charge in [0.25, 0.3) is 5.91 Å². The van der Waals surface area contributed by atoms with Crippen molar-refractivity contribution in [3.05, 3.63) is 23.8 Å². The highest BCUT2D eigenvalue weighted by Crippen LogP contribution is 2.17. The number of nitrogens with two attached hydrogens (primary N) is 1. The van der Waals surface area contributed by atoms with Crippen molar-refractivity contribution < 1.29 is 18.3 Å². The standard InChI is InChI=1S/C12H18N2O4S/c1-3-10(7-15)14-12(16)8-4-9(13)6-11(5-8)19(2,17)18/h4-6,10,15H,3,7,13H2,1-2H3,(H,14,16). The van der Waals surface area contributed by atoms with Gasteiger partial charge in [-0.1, -0.05) is 6.92 Å². The number of anilines is 1. The minimum Gasteiger partial charge on any atom is -0.399 e. The molecule has 0 aliphatic carbocycles. The van der Waals surface area contributed by atoms with Crippen molar-refractivity contribution in [3.8, 4) is 0 Å². The summed E-state index contributed by atoms with van der Waals surface area (Å²) in [7, 11) is -3.43. The Morgan fingerprint density at radius 1 is 1.42 bits per heavy atom. The Labute approximate surface area is 112 Å². The number of carbonyl (C=O) groups excluding carboxylic acids is 1. The highest BCUT2D eigenvalue weighted by Gasteiger charge is 2.15. The number of aliphatic hydroxyl groups is 1. The average molecular weight is 286 g/mol. The molecule has 0 fully saturated rings. The highest BCUT2D eigenvalue weighted by molar-refractivity contribution is 7.90. The Morgan fingerprint density at radius 2 is 2.05 bits per heavy atom. The van der Waals surface area contributed by atoms with Gasteiger partial charge in [-0.3, -0.25) is 4.79 Å². The van der Waals surface area contributed by atoms with E-state index in [1.54, 1.807) is 0 Å². The predicted molar refractivity (Wildman–Crippen MR) is 72.6 cm³/mol. The number of carbonyl (C=O) groups is 1. The lowest BCUT2D eigenvalue weighted by Crippen LogP contribution is -2.37. The van der Waals surface area contributed by atoms with Gasteiger partial charge < -0.3 is 16.2 Å². The first-order valence-electron chi connectivity index (χ1n) is 5.80. The van der Waals surface area contributed by atoms with Crippen molar-refractivity contribution in [1.29, 1.82) is 0 Å². The van der Waals surface area contributed by atoms with Crippen LogP contribution in [0.1, 0.15) is 23.7 Å². The van der Waals surface area contributed by atoms with Crippen LogP contribution in [0.5, 0.6) is 0 Å².